The number of carboxylic acid groups (broad SMARTS) is 2. The van der Waals surface area contributed by atoms with E-state index < -0.39 is 11.9 Å². The number of esters is 1. The van der Waals surface area contributed by atoms with E-state index in [9.17, 15) is 4.79 Å². The van der Waals surface area contributed by atoms with Crippen molar-refractivity contribution in [1.29, 1.82) is 0 Å². The molecule has 1 aromatic carbocycles. The van der Waals surface area contributed by atoms with Crippen LogP contribution in [0, 0.1) is 0 Å². The summed E-state index contributed by atoms with van der Waals surface area (Å²) in [5.41, 5.74) is 8.03. The van der Waals surface area contributed by atoms with Gasteiger partial charge < -0.3 is 25.1 Å². The van der Waals surface area contributed by atoms with Crippen LogP contribution >= 0.6 is 0 Å². The van der Waals surface area contributed by atoms with Gasteiger partial charge in [0.2, 0.25) is 0 Å². The van der Waals surface area contributed by atoms with Gasteiger partial charge in [0.25, 0.3) is 0 Å². The van der Waals surface area contributed by atoms with Crippen LogP contribution in [0.5, 0.6) is 0 Å². The molecule has 8 nitrogen and oxygen atoms in total. The van der Waals surface area contributed by atoms with Gasteiger partial charge in [-0.15, -0.1) is 0 Å². The van der Waals surface area contributed by atoms with E-state index in [0.717, 1.165) is 16.5 Å². The highest BCUT2D eigenvalue weighted by molar-refractivity contribution is 6.27. The summed E-state index contributed by atoms with van der Waals surface area (Å²) in [6, 6.07) is 5.37. The first kappa shape index (κ1) is 18.2. The molecule has 4 N–H and O–H groups in total. The summed E-state index contributed by atoms with van der Waals surface area (Å²) in [7, 11) is 1.37. The van der Waals surface area contributed by atoms with Crippen molar-refractivity contribution in [2.24, 2.45) is 5.73 Å². The van der Waals surface area contributed by atoms with E-state index in [2.05, 4.69) is 0 Å². The maximum Gasteiger partial charge on any atom is 0.414 e. The van der Waals surface area contributed by atoms with Crippen molar-refractivity contribution in [2.45, 2.75) is 19.4 Å². The lowest BCUT2D eigenvalue weighted by atomic mass is 10.0. The zero-order chi connectivity index (χ0) is 17.6. The van der Waals surface area contributed by atoms with Crippen molar-refractivity contribution in [3.63, 3.8) is 0 Å². The second-order valence-corrected chi connectivity index (χ2v) is 4.76. The van der Waals surface area contributed by atoms with Gasteiger partial charge in [-0.2, -0.15) is 0 Å². The molecule has 0 saturated carbocycles. The van der Waals surface area contributed by atoms with E-state index in [4.69, 9.17) is 34.7 Å². The number of fused-ring (bicyclic) bond motifs is 1. The van der Waals surface area contributed by atoms with Crippen LogP contribution in [0.3, 0.4) is 0 Å². The van der Waals surface area contributed by atoms with Gasteiger partial charge in [-0.05, 0) is 37.1 Å². The van der Waals surface area contributed by atoms with Crippen molar-refractivity contribution in [3.05, 3.63) is 35.6 Å². The smallest absolute Gasteiger partial charge is 0.414 e. The Kier molecular flexibility index (Phi) is 6.28. The number of ether oxygens (including phenoxy) is 1. The Bertz CT molecular complexity index is 706. The number of carboxylic acids is 2. The Morgan fingerprint density at radius 3 is 2.35 bits per heavy atom. The lowest BCUT2D eigenvalue weighted by Gasteiger charge is -2.08. The van der Waals surface area contributed by atoms with Crippen LogP contribution in [-0.4, -0.2) is 41.3 Å². The molecule has 1 aromatic heterocycles. The van der Waals surface area contributed by atoms with Gasteiger partial charge in [-0.3, -0.25) is 0 Å². The molecule has 0 aliphatic heterocycles. The van der Waals surface area contributed by atoms with Crippen LogP contribution in [-0.2, 0) is 20.7 Å². The molecule has 124 valence electrons. The van der Waals surface area contributed by atoms with Crippen LogP contribution < -0.4 is 5.73 Å². The number of carbonyl (C=O) groups is 3. The average molecular weight is 323 g/mol. The second kappa shape index (κ2) is 7.95. The normalized spacial score (nSPS) is 11.3. The maximum atomic E-state index is 11.5. The number of hydrogen-bond acceptors (Lipinski definition) is 6. The number of rotatable bonds is 3. The third kappa shape index (κ3) is 5.11. The molecule has 1 unspecified atom stereocenters. The van der Waals surface area contributed by atoms with E-state index in [1.165, 1.54) is 7.11 Å². The van der Waals surface area contributed by atoms with Crippen LogP contribution in [0.2, 0.25) is 0 Å². The van der Waals surface area contributed by atoms with Crippen LogP contribution in [0.15, 0.2) is 28.9 Å². The summed E-state index contributed by atoms with van der Waals surface area (Å²) in [6.45, 7) is 1.92. The lowest BCUT2D eigenvalue weighted by Crippen LogP contribution is -2.18. The summed E-state index contributed by atoms with van der Waals surface area (Å²) >= 11 is 0. The molecule has 1 atom stereocenters. The number of aliphatic carboxylic acids is 2. The van der Waals surface area contributed by atoms with Crippen molar-refractivity contribution < 1.29 is 33.8 Å². The number of furan rings is 1. The molecule has 2 aromatic rings. The van der Waals surface area contributed by atoms with Gasteiger partial charge in [-0.1, -0.05) is 0 Å². The molecule has 0 bridgehead atoms. The molecule has 0 radical (unpaired) electrons. The largest absolute Gasteiger partial charge is 0.473 e. The topological polar surface area (TPSA) is 140 Å². The van der Waals surface area contributed by atoms with Gasteiger partial charge in [-0.25, -0.2) is 14.4 Å². The third-order valence-corrected chi connectivity index (χ3v) is 2.77. The third-order valence-electron chi connectivity index (χ3n) is 2.77. The number of nitrogens with two attached hydrogens (primary N) is 1. The minimum Gasteiger partial charge on any atom is -0.473 e. The van der Waals surface area contributed by atoms with Crippen LogP contribution in [0.25, 0.3) is 11.0 Å². The van der Waals surface area contributed by atoms with E-state index in [-0.39, 0.29) is 12.0 Å². The minimum atomic E-state index is -1.82. The first-order valence-corrected chi connectivity index (χ1v) is 6.56. The van der Waals surface area contributed by atoms with Crippen LogP contribution in [0.1, 0.15) is 22.8 Å². The van der Waals surface area contributed by atoms with Gasteiger partial charge in [0, 0.05) is 11.4 Å². The predicted octanol–water partition coefficient (Wildman–Crippen LogP) is 1.26. The monoisotopic (exact) mass is 323 g/mol. The summed E-state index contributed by atoms with van der Waals surface area (Å²) in [5.74, 6) is -4.00. The number of hydrogen-bond donors (Lipinski definition) is 3. The zero-order valence-corrected chi connectivity index (χ0v) is 12.6. The van der Waals surface area contributed by atoms with Gasteiger partial charge in [0.15, 0.2) is 0 Å². The Morgan fingerprint density at radius 1 is 1.26 bits per heavy atom. The molecule has 8 heteroatoms. The van der Waals surface area contributed by atoms with E-state index in [1.807, 2.05) is 13.0 Å². The van der Waals surface area contributed by atoms with E-state index in [0.29, 0.717) is 12.0 Å². The molecule has 2 rings (SSSR count). The van der Waals surface area contributed by atoms with E-state index in [1.54, 1.807) is 18.4 Å². The SMILES string of the molecule is COC(=O)c1cc(CC(C)N)c2occc2c1.O=C(O)C(=O)O. The highest BCUT2D eigenvalue weighted by Crippen LogP contribution is 2.23. The maximum absolute atomic E-state index is 11.5. The molecule has 0 spiro atoms. The molecule has 0 amide bonds. The number of methoxy groups -OCH3 is 1. The van der Waals surface area contributed by atoms with Crippen molar-refractivity contribution in [1.82, 2.24) is 0 Å². The Labute approximate surface area is 131 Å². The first-order chi connectivity index (χ1) is 10.8. The lowest BCUT2D eigenvalue weighted by molar-refractivity contribution is -0.159. The summed E-state index contributed by atoms with van der Waals surface area (Å²) in [6.07, 6.45) is 2.27. The first-order valence-electron chi connectivity index (χ1n) is 6.56. The molecule has 0 fully saturated rings. The van der Waals surface area contributed by atoms with Crippen LogP contribution in [0.4, 0.5) is 0 Å². The fourth-order valence-electron chi connectivity index (χ4n) is 1.89. The molecule has 0 aliphatic carbocycles. The summed E-state index contributed by atoms with van der Waals surface area (Å²) < 4.78 is 10.1. The molecule has 0 saturated heterocycles. The standard InChI is InChI=1S/C13H15NO3.C2H2O4/c1-8(14)5-10-7-11(13(15)16-2)6-9-3-4-17-12(9)10;3-1(4)2(5)6/h3-4,6-8H,5,14H2,1-2H3;(H,3,4)(H,5,6). The van der Waals surface area contributed by atoms with Crippen molar-refractivity contribution in [3.8, 4) is 0 Å². The number of carbonyl (C=O) groups excluding carboxylic acids is 1. The zero-order valence-electron chi connectivity index (χ0n) is 12.6. The Morgan fingerprint density at radius 2 is 1.87 bits per heavy atom. The van der Waals surface area contributed by atoms with Gasteiger partial charge in [0.1, 0.15) is 5.58 Å². The Hall–Kier alpha value is -2.87. The quantitative estimate of drug-likeness (QED) is 0.566. The van der Waals surface area contributed by atoms with Crippen molar-refractivity contribution in [2.75, 3.05) is 7.11 Å². The predicted molar refractivity (Wildman–Crippen MR) is 80.2 cm³/mol. The second-order valence-electron chi connectivity index (χ2n) is 4.76. The minimum absolute atomic E-state index is 0.0104. The Balaban J connectivity index is 0.000000379. The van der Waals surface area contributed by atoms with Gasteiger partial charge in [0.05, 0.1) is 18.9 Å². The molecular formula is C15H17NO7. The fraction of sp³-hybridized carbons (Fsp3) is 0.267. The summed E-state index contributed by atoms with van der Waals surface area (Å²) in [4.78, 5) is 29.7. The molecule has 1 heterocycles. The summed E-state index contributed by atoms with van der Waals surface area (Å²) in [5, 5.41) is 15.7. The van der Waals surface area contributed by atoms with Gasteiger partial charge >= 0.3 is 17.9 Å². The molecule has 23 heavy (non-hydrogen) atoms. The van der Waals surface area contributed by atoms with E-state index >= 15 is 0 Å². The molecule has 0 aliphatic rings. The highest BCUT2D eigenvalue weighted by atomic mass is 16.5. The highest BCUT2D eigenvalue weighted by Gasteiger charge is 2.13. The van der Waals surface area contributed by atoms with Crippen molar-refractivity contribution >= 4 is 28.9 Å². The average Bonchev–Trinajstić information content (AvgIpc) is 2.95. The fourth-order valence-corrected chi connectivity index (χ4v) is 1.89. The number of benzene rings is 1. The molecular weight excluding hydrogens is 306 g/mol.